The Morgan fingerprint density at radius 2 is 1.55 bits per heavy atom. The van der Waals surface area contributed by atoms with Gasteiger partial charge in [-0.05, 0) is 18.4 Å². The van der Waals surface area contributed by atoms with E-state index in [9.17, 15) is 24.0 Å². The van der Waals surface area contributed by atoms with Crippen molar-refractivity contribution in [3.05, 3.63) is 35.9 Å². The highest BCUT2D eigenvalue weighted by atomic mass is 16.5. The molecule has 33 heavy (non-hydrogen) atoms. The van der Waals surface area contributed by atoms with Gasteiger partial charge in [0, 0.05) is 0 Å². The smallest absolute Gasteiger partial charge is 0.407 e. The van der Waals surface area contributed by atoms with E-state index in [1.165, 1.54) is 14.0 Å². The van der Waals surface area contributed by atoms with Crippen molar-refractivity contribution < 1.29 is 33.4 Å². The summed E-state index contributed by atoms with van der Waals surface area (Å²) >= 11 is 0. The molecule has 182 valence electrons. The fourth-order valence-corrected chi connectivity index (χ4v) is 2.60. The molecule has 4 N–H and O–H groups in total. The number of ether oxygens (including phenoxy) is 2. The molecular formula is C22H32N4O7. The maximum atomic E-state index is 12.3. The number of nitrogens with one attached hydrogen (secondary N) is 4. The molecule has 0 aliphatic rings. The van der Waals surface area contributed by atoms with E-state index in [2.05, 4.69) is 21.3 Å². The number of carbonyl (C=O) groups is 5. The van der Waals surface area contributed by atoms with Crippen LogP contribution in [-0.2, 0) is 35.3 Å². The Kier molecular flexibility index (Phi) is 12.0. The molecule has 0 aromatic heterocycles. The quantitative estimate of drug-likeness (QED) is 0.323. The maximum Gasteiger partial charge on any atom is 0.407 e. The van der Waals surface area contributed by atoms with Gasteiger partial charge in [0.1, 0.15) is 25.2 Å². The Bertz CT molecular complexity index is 816. The van der Waals surface area contributed by atoms with Gasteiger partial charge in [0.05, 0.1) is 13.7 Å². The number of methoxy groups -OCH3 is 1. The molecule has 3 atom stereocenters. The van der Waals surface area contributed by atoms with Crippen LogP contribution in [0, 0.1) is 5.92 Å². The number of esters is 1. The second kappa shape index (κ2) is 14.4. The topological polar surface area (TPSA) is 152 Å². The van der Waals surface area contributed by atoms with Crippen LogP contribution < -0.4 is 21.3 Å². The number of alkyl carbamates (subject to hydrolysis) is 1. The molecule has 11 heteroatoms. The maximum absolute atomic E-state index is 12.3. The van der Waals surface area contributed by atoms with Crippen LogP contribution in [0.4, 0.5) is 4.79 Å². The van der Waals surface area contributed by atoms with E-state index in [1.54, 1.807) is 19.1 Å². The molecule has 0 aliphatic carbocycles. The lowest BCUT2D eigenvalue weighted by atomic mass is 9.99. The fourth-order valence-electron chi connectivity index (χ4n) is 2.60. The highest BCUT2D eigenvalue weighted by Gasteiger charge is 2.28. The van der Waals surface area contributed by atoms with Gasteiger partial charge in [-0.3, -0.25) is 14.4 Å². The van der Waals surface area contributed by atoms with Crippen molar-refractivity contribution in [2.24, 2.45) is 5.92 Å². The summed E-state index contributed by atoms with van der Waals surface area (Å²) in [7, 11) is 1.23. The Labute approximate surface area is 193 Å². The van der Waals surface area contributed by atoms with Crippen molar-refractivity contribution in [3.8, 4) is 0 Å². The Morgan fingerprint density at radius 3 is 2.15 bits per heavy atom. The molecule has 0 saturated carbocycles. The van der Waals surface area contributed by atoms with Crippen molar-refractivity contribution in [1.82, 2.24) is 21.3 Å². The monoisotopic (exact) mass is 464 g/mol. The predicted octanol–water partition coefficient (Wildman–Crippen LogP) is 0.238. The zero-order valence-corrected chi connectivity index (χ0v) is 19.3. The lowest BCUT2D eigenvalue weighted by Gasteiger charge is -2.24. The first-order chi connectivity index (χ1) is 15.7. The number of hydrogen-bond donors (Lipinski definition) is 4. The van der Waals surface area contributed by atoms with Crippen LogP contribution >= 0.6 is 0 Å². The normalized spacial score (nSPS) is 13.0. The van der Waals surface area contributed by atoms with Gasteiger partial charge in [0.25, 0.3) is 0 Å². The van der Waals surface area contributed by atoms with Crippen molar-refractivity contribution >= 4 is 29.8 Å². The highest BCUT2D eigenvalue weighted by Crippen LogP contribution is 2.09. The molecule has 0 unspecified atom stereocenters. The first-order valence-electron chi connectivity index (χ1n) is 10.6. The molecule has 1 aromatic carbocycles. The fraction of sp³-hybridized carbons (Fsp3) is 0.500. The largest absolute Gasteiger partial charge is 0.467 e. The summed E-state index contributed by atoms with van der Waals surface area (Å²) < 4.78 is 9.69. The van der Waals surface area contributed by atoms with Gasteiger partial charge < -0.3 is 30.7 Å². The minimum absolute atomic E-state index is 0.0600. The van der Waals surface area contributed by atoms with E-state index in [4.69, 9.17) is 9.47 Å². The molecular weight excluding hydrogens is 432 g/mol. The zero-order chi connectivity index (χ0) is 24.8. The number of hydrogen-bond acceptors (Lipinski definition) is 7. The van der Waals surface area contributed by atoms with Crippen LogP contribution in [0.1, 0.15) is 32.8 Å². The Hall–Kier alpha value is -3.63. The second-order valence-corrected chi connectivity index (χ2v) is 7.38. The van der Waals surface area contributed by atoms with Gasteiger partial charge in [-0.2, -0.15) is 0 Å². The molecule has 4 amide bonds. The van der Waals surface area contributed by atoms with Crippen molar-refractivity contribution in [2.75, 3.05) is 20.2 Å². The van der Waals surface area contributed by atoms with Crippen molar-refractivity contribution in [1.29, 1.82) is 0 Å². The molecule has 0 fully saturated rings. The molecule has 0 aliphatic heterocycles. The van der Waals surface area contributed by atoms with E-state index in [0.29, 0.717) is 6.42 Å². The summed E-state index contributed by atoms with van der Waals surface area (Å²) in [5.74, 6) is -2.51. The van der Waals surface area contributed by atoms with E-state index in [1.807, 2.05) is 25.1 Å². The molecule has 1 rings (SSSR count). The highest BCUT2D eigenvalue weighted by molar-refractivity contribution is 5.92. The molecule has 0 heterocycles. The lowest BCUT2D eigenvalue weighted by molar-refractivity contribution is -0.146. The molecule has 0 saturated heterocycles. The van der Waals surface area contributed by atoms with Crippen LogP contribution in [0.5, 0.6) is 0 Å². The minimum Gasteiger partial charge on any atom is -0.467 e. The molecule has 1 aromatic rings. The summed E-state index contributed by atoms with van der Waals surface area (Å²) in [4.78, 5) is 59.7. The number of amides is 4. The summed E-state index contributed by atoms with van der Waals surface area (Å²) in [6, 6.07) is 7.25. The van der Waals surface area contributed by atoms with Crippen LogP contribution in [-0.4, -0.2) is 62.1 Å². The summed E-state index contributed by atoms with van der Waals surface area (Å²) in [6.07, 6.45) is -0.133. The van der Waals surface area contributed by atoms with Gasteiger partial charge in [0.2, 0.25) is 17.7 Å². The van der Waals surface area contributed by atoms with Crippen LogP contribution in [0.25, 0.3) is 0 Å². The minimum atomic E-state index is -0.947. The average Bonchev–Trinajstić information content (AvgIpc) is 2.82. The molecule has 11 nitrogen and oxygen atoms in total. The van der Waals surface area contributed by atoms with Crippen LogP contribution in [0.15, 0.2) is 30.3 Å². The standard InChI is InChI=1S/C22H32N4O7/c1-5-14(2)19(21(30)32-4)26-20(29)15(3)25-18(28)12-23-17(27)11-24-22(31)33-13-16-9-7-6-8-10-16/h6-10,14-15,19H,5,11-13H2,1-4H3,(H,23,27)(H,24,31)(H,25,28)(H,26,29)/t14-,15-,19+/m0/s1. The Balaban J connectivity index is 2.33. The van der Waals surface area contributed by atoms with Crippen molar-refractivity contribution in [2.45, 2.75) is 45.9 Å². The summed E-state index contributed by atoms with van der Waals surface area (Å²) in [6.45, 7) is 4.40. The summed E-state index contributed by atoms with van der Waals surface area (Å²) in [5, 5.41) is 9.60. The molecule has 0 spiro atoms. The van der Waals surface area contributed by atoms with Gasteiger partial charge in [0.15, 0.2) is 0 Å². The Morgan fingerprint density at radius 1 is 0.909 bits per heavy atom. The third-order valence-electron chi connectivity index (χ3n) is 4.79. The first-order valence-corrected chi connectivity index (χ1v) is 10.6. The van der Waals surface area contributed by atoms with Gasteiger partial charge in [-0.25, -0.2) is 9.59 Å². The van der Waals surface area contributed by atoms with Crippen LogP contribution in [0.3, 0.4) is 0 Å². The van der Waals surface area contributed by atoms with E-state index < -0.39 is 48.4 Å². The second-order valence-electron chi connectivity index (χ2n) is 7.38. The van der Waals surface area contributed by atoms with E-state index in [0.717, 1.165) is 5.56 Å². The third kappa shape index (κ3) is 10.5. The van der Waals surface area contributed by atoms with E-state index in [-0.39, 0.29) is 19.1 Å². The average molecular weight is 465 g/mol. The van der Waals surface area contributed by atoms with Gasteiger partial charge in [-0.1, -0.05) is 50.6 Å². The van der Waals surface area contributed by atoms with Crippen LogP contribution in [0.2, 0.25) is 0 Å². The third-order valence-corrected chi connectivity index (χ3v) is 4.79. The molecule has 0 radical (unpaired) electrons. The van der Waals surface area contributed by atoms with Gasteiger partial charge in [-0.15, -0.1) is 0 Å². The van der Waals surface area contributed by atoms with E-state index >= 15 is 0 Å². The van der Waals surface area contributed by atoms with Crippen molar-refractivity contribution in [3.63, 3.8) is 0 Å². The first kappa shape index (κ1) is 27.4. The van der Waals surface area contributed by atoms with Gasteiger partial charge >= 0.3 is 12.1 Å². The lowest BCUT2D eigenvalue weighted by Crippen LogP contribution is -2.53. The SMILES string of the molecule is CC[C@H](C)[C@@H](NC(=O)[C@H](C)NC(=O)CNC(=O)CNC(=O)OCc1ccccc1)C(=O)OC. The number of rotatable bonds is 12. The number of carbonyl (C=O) groups excluding carboxylic acids is 5. The number of benzene rings is 1. The molecule has 0 bridgehead atoms. The zero-order valence-electron chi connectivity index (χ0n) is 19.3. The summed E-state index contributed by atoms with van der Waals surface area (Å²) in [5.41, 5.74) is 0.800. The predicted molar refractivity (Wildman–Crippen MR) is 119 cm³/mol.